The van der Waals surface area contributed by atoms with Crippen LogP contribution in [0.5, 0.6) is 0 Å². The molecule has 0 aliphatic rings. The Morgan fingerprint density at radius 2 is 2.00 bits per heavy atom. The van der Waals surface area contributed by atoms with E-state index in [-0.39, 0.29) is 0 Å². The van der Waals surface area contributed by atoms with Gasteiger partial charge in [-0.15, -0.1) is 0 Å². The predicted molar refractivity (Wildman–Crippen MR) is 120 cm³/mol. The van der Waals surface area contributed by atoms with E-state index in [1.54, 1.807) is 6.07 Å². The molecule has 0 spiro atoms. The normalized spacial score (nSPS) is 10.3. The summed E-state index contributed by atoms with van der Waals surface area (Å²) in [6.07, 6.45) is 0.950. The predicted octanol–water partition coefficient (Wildman–Crippen LogP) is 4.72. The number of nitrogens with one attached hydrogen (secondary N) is 3. The van der Waals surface area contributed by atoms with Crippen molar-refractivity contribution in [2.24, 2.45) is 0 Å². The molecule has 3 N–H and O–H groups in total. The number of hydrogen-bond donors (Lipinski definition) is 3. The highest BCUT2D eigenvalue weighted by atomic mass is 35.5. The topological polar surface area (TPSA) is 72.8 Å². The minimum absolute atomic E-state index is 0.481. The Morgan fingerprint density at radius 1 is 1.18 bits per heavy atom. The molecular formula is C21H20ClN5S. The maximum Gasteiger partial charge on any atom is 0.170 e. The van der Waals surface area contributed by atoms with Crippen LogP contribution in [0.2, 0.25) is 5.02 Å². The number of rotatable bonds is 6. The van der Waals surface area contributed by atoms with Crippen LogP contribution in [0.15, 0.2) is 48.5 Å². The molecule has 7 heteroatoms. The van der Waals surface area contributed by atoms with Gasteiger partial charge < -0.3 is 16.0 Å². The third-order valence-electron chi connectivity index (χ3n) is 4.23. The van der Waals surface area contributed by atoms with E-state index in [2.05, 4.69) is 46.1 Å². The van der Waals surface area contributed by atoms with Gasteiger partial charge in [-0.2, -0.15) is 5.26 Å². The molecule has 0 bridgehead atoms. The lowest BCUT2D eigenvalue weighted by molar-refractivity contribution is 0.911. The maximum atomic E-state index is 9.45. The van der Waals surface area contributed by atoms with Gasteiger partial charge in [0.25, 0.3) is 0 Å². The van der Waals surface area contributed by atoms with Gasteiger partial charge in [-0.05, 0) is 54.5 Å². The Bertz CT molecular complexity index is 1040. The highest BCUT2D eigenvalue weighted by molar-refractivity contribution is 7.80. The van der Waals surface area contributed by atoms with E-state index in [0.717, 1.165) is 23.0 Å². The van der Waals surface area contributed by atoms with E-state index in [9.17, 15) is 5.26 Å². The lowest BCUT2D eigenvalue weighted by Crippen LogP contribution is -2.32. The van der Waals surface area contributed by atoms with Gasteiger partial charge >= 0.3 is 0 Å². The zero-order valence-corrected chi connectivity index (χ0v) is 17.0. The van der Waals surface area contributed by atoms with Crippen molar-refractivity contribution in [1.82, 2.24) is 10.3 Å². The van der Waals surface area contributed by atoms with Crippen LogP contribution >= 0.6 is 23.8 Å². The molecule has 0 saturated carbocycles. The number of fused-ring (bicyclic) bond motifs is 1. The molecule has 0 aliphatic heterocycles. The number of halogens is 1. The Hall–Kier alpha value is -2.88. The summed E-state index contributed by atoms with van der Waals surface area (Å²) in [5, 5.41) is 20.9. The fraction of sp³-hybridized carbons (Fsp3) is 0.190. The summed E-state index contributed by atoms with van der Waals surface area (Å²) in [6, 6.07) is 17.6. The molecule has 0 unspecified atom stereocenters. The van der Waals surface area contributed by atoms with E-state index in [1.807, 2.05) is 30.3 Å². The molecule has 142 valence electrons. The van der Waals surface area contributed by atoms with E-state index in [4.69, 9.17) is 23.8 Å². The first kappa shape index (κ1) is 19.9. The highest BCUT2D eigenvalue weighted by Gasteiger charge is 2.07. The summed E-state index contributed by atoms with van der Waals surface area (Å²) in [5.41, 5.74) is 3.37. The number of anilines is 2. The second kappa shape index (κ2) is 9.36. The fourth-order valence-electron chi connectivity index (χ4n) is 2.75. The van der Waals surface area contributed by atoms with Crippen molar-refractivity contribution >= 4 is 51.3 Å². The Labute approximate surface area is 174 Å². The zero-order valence-electron chi connectivity index (χ0n) is 15.4. The van der Waals surface area contributed by atoms with E-state index < -0.39 is 0 Å². The summed E-state index contributed by atoms with van der Waals surface area (Å²) < 4.78 is 0. The number of pyridine rings is 1. The number of nitrogens with zero attached hydrogens (tertiary/aromatic N) is 2. The molecule has 3 aromatic rings. The maximum absolute atomic E-state index is 9.45. The SMILES string of the molecule is CCc1ccc2nc(NCCNC(=S)Nc3ccccc3Cl)c(C#N)cc2c1. The largest absolute Gasteiger partial charge is 0.367 e. The summed E-state index contributed by atoms with van der Waals surface area (Å²) in [5.74, 6) is 0.575. The van der Waals surface area contributed by atoms with Crippen LogP contribution in [0.1, 0.15) is 18.1 Å². The number of hydrogen-bond acceptors (Lipinski definition) is 4. The number of aromatic nitrogens is 1. The lowest BCUT2D eigenvalue weighted by atomic mass is 10.1. The van der Waals surface area contributed by atoms with Crippen LogP contribution < -0.4 is 16.0 Å². The number of aryl methyl sites for hydroxylation is 1. The molecule has 1 aromatic heterocycles. The van der Waals surface area contributed by atoms with Crippen LogP contribution in [-0.2, 0) is 6.42 Å². The van der Waals surface area contributed by atoms with Gasteiger partial charge in [-0.3, -0.25) is 0 Å². The first-order valence-corrected chi connectivity index (χ1v) is 9.76. The number of benzene rings is 2. The molecular weight excluding hydrogens is 390 g/mol. The summed E-state index contributed by atoms with van der Waals surface area (Å²) in [4.78, 5) is 4.59. The molecule has 0 atom stereocenters. The molecule has 1 heterocycles. The molecule has 5 nitrogen and oxygen atoms in total. The Kier molecular flexibility index (Phi) is 6.64. The number of para-hydroxylation sites is 1. The van der Waals surface area contributed by atoms with Crippen molar-refractivity contribution in [2.75, 3.05) is 23.7 Å². The zero-order chi connectivity index (χ0) is 19.9. The van der Waals surface area contributed by atoms with E-state index in [0.29, 0.717) is 34.6 Å². The van der Waals surface area contributed by atoms with Gasteiger partial charge in [0, 0.05) is 18.5 Å². The second-order valence-electron chi connectivity index (χ2n) is 6.16. The van der Waals surface area contributed by atoms with Gasteiger partial charge in [0.05, 0.1) is 21.8 Å². The molecule has 0 amide bonds. The average Bonchev–Trinajstić information content (AvgIpc) is 2.71. The number of nitriles is 1. The minimum Gasteiger partial charge on any atom is -0.367 e. The van der Waals surface area contributed by atoms with Crippen LogP contribution in [0.4, 0.5) is 11.5 Å². The number of thiocarbonyl (C=S) groups is 1. The van der Waals surface area contributed by atoms with E-state index >= 15 is 0 Å². The monoisotopic (exact) mass is 409 g/mol. The molecule has 0 fully saturated rings. The first-order chi connectivity index (χ1) is 13.6. The van der Waals surface area contributed by atoms with Crippen molar-refractivity contribution in [2.45, 2.75) is 13.3 Å². The van der Waals surface area contributed by atoms with Crippen molar-refractivity contribution < 1.29 is 0 Å². The van der Waals surface area contributed by atoms with Crippen LogP contribution in [-0.4, -0.2) is 23.2 Å². The van der Waals surface area contributed by atoms with Crippen LogP contribution in [0.25, 0.3) is 10.9 Å². The Balaban J connectivity index is 1.58. The molecule has 2 aromatic carbocycles. The third kappa shape index (κ3) is 4.89. The minimum atomic E-state index is 0.481. The Morgan fingerprint density at radius 3 is 2.75 bits per heavy atom. The summed E-state index contributed by atoms with van der Waals surface area (Å²) >= 11 is 11.4. The molecule has 0 saturated heterocycles. The van der Waals surface area contributed by atoms with Gasteiger partial charge in [-0.1, -0.05) is 36.7 Å². The van der Waals surface area contributed by atoms with Crippen molar-refractivity contribution in [3.63, 3.8) is 0 Å². The molecule has 28 heavy (non-hydrogen) atoms. The first-order valence-electron chi connectivity index (χ1n) is 8.97. The quantitative estimate of drug-likeness (QED) is 0.404. The van der Waals surface area contributed by atoms with Crippen molar-refractivity contribution in [3.8, 4) is 6.07 Å². The second-order valence-corrected chi connectivity index (χ2v) is 6.98. The van der Waals surface area contributed by atoms with Gasteiger partial charge in [0.1, 0.15) is 11.9 Å². The van der Waals surface area contributed by atoms with Crippen LogP contribution in [0, 0.1) is 11.3 Å². The fourth-order valence-corrected chi connectivity index (χ4v) is 3.15. The standard InChI is InChI=1S/C21H20ClN5S/c1-2-14-7-8-18-15(11-14)12-16(13-23)20(26-18)24-9-10-25-21(28)27-19-6-4-3-5-17(19)22/h3-8,11-12H,2,9-10H2,1H3,(H,24,26)(H2,25,27,28). The van der Waals surface area contributed by atoms with Crippen LogP contribution in [0.3, 0.4) is 0 Å². The van der Waals surface area contributed by atoms with Gasteiger partial charge in [-0.25, -0.2) is 4.98 Å². The van der Waals surface area contributed by atoms with Gasteiger partial charge in [0.15, 0.2) is 5.11 Å². The molecule has 0 radical (unpaired) electrons. The molecule has 0 aliphatic carbocycles. The highest BCUT2D eigenvalue weighted by Crippen LogP contribution is 2.22. The third-order valence-corrected chi connectivity index (χ3v) is 4.81. The van der Waals surface area contributed by atoms with Gasteiger partial charge in [0.2, 0.25) is 0 Å². The summed E-state index contributed by atoms with van der Waals surface area (Å²) in [7, 11) is 0. The van der Waals surface area contributed by atoms with Crippen molar-refractivity contribution in [1.29, 1.82) is 5.26 Å². The van der Waals surface area contributed by atoms with E-state index in [1.165, 1.54) is 5.56 Å². The lowest BCUT2D eigenvalue weighted by Gasteiger charge is -2.13. The smallest absolute Gasteiger partial charge is 0.170 e. The van der Waals surface area contributed by atoms with Crippen molar-refractivity contribution in [3.05, 3.63) is 64.7 Å². The average molecular weight is 410 g/mol. The summed E-state index contributed by atoms with van der Waals surface area (Å²) in [6.45, 7) is 3.23. The molecule has 3 rings (SSSR count).